The summed E-state index contributed by atoms with van der Waals surface area (Å²) in [6, 6.07) is 18.4. The minimum atomic E-state index is 0.427. The van der Waals surface area contributed by atoms with E-state index in [1.807, 2.05) is 0 Å². The van der Waals surface area contributed by atoms with Crippen LogP contribution in [0.15, 0.2) is 48.5 Å². The normalized spacial score (nSPS) is 19.0. The fourth-order valence-electron chi connectivity index (χ4n) is 3.71. The third kappa shape index (κ3) is 3.03. The summed E-state index contributed by atoms with van der Waals surface area (Å²) in [4.78, 5) is 0. The third-order valence-electron chi connectivity index (χ3n) is 4.64. The zero-order chi connectivity index (χ0) is 14.7. The van der Waals surface area contributed by atoms with Crippen LogP contribution in [0, 0.1) is 6.92 Å². The Kier molecular flexibility index (Phi) is 4.40. The maximum atomic E-state index is 3.74. The second kappa shape index (κ2) is 6.44. The van der Waals surface area contributed by atoms with E-state index < -0.39 is 0 Å². The minimum absolute atomic E-state index is 0.427. The number of benzene rings is 2. The van der Waals surface area contributed by atoms with Gasteiger partial charge in [0, 0.05) is 12.0 Å². The van der Waals surface area contributed by atoms with Crippen LogP contribution in [-0.2, 0) is 6.42 Å². The van der Waals surface area contributed by atoms with E-state index in [9.17, 15) is 0 Å². The van der Waals surface area contributed by atoms with Gasteiger partial charge in [-0.3, -0.25) is 0 Å². The summed E-state index contributed by atoms with van der Waals surface area (Å²) < 4.78 is 0. The monoisotopic (exact) mass is 279 g/mol. The van der Waals surface area contributed by atoms with Gasteiger partial charge >= 0.3 is 0 Å². The van der Waals surface area contributed by atoms with E-state index in [4.69, 9.17) is 0 Å². The van der Waals surface area contributed by atoms with E-state index in [1.165, 1.54) is 30.4 Å². The number of hydrogen-bond donors (Lipinski definition) is 1. The fraction of sp³-hybridized carbons (Fsp3) is 0.400. The molecular formula is C20H25N. The second-order valence-corrected chi connectivity index (χ2v) is 6.15. The molecule has 2 aromatic carbocycles. The largest absolute Gasteiger partial charge is 0.310 e. The number of fused-ring (bicyclic) bond motifs is 1. The van der Waals surface area contributed by atoms with Crippen molar-refractivity contribution in [1.82, 2.24) is 5.32 Å². The molecule has 0 bridgehead atoms. The van der Waals surface area contributed by atoms with Gasteiger partial charge in [-0.05, 0) is 49.4 Å². The van der Waals surface area contributed by atoms with Gasteiger partial charge in [0.25, 0.3) is 0 Å². The molecule has 2 aromatic rings. The summed E-state index contributed by atoms with van der Waals surface area (Å²) in [6.45, 7) is 5.40. The van der Waals surface area contributed by atoms with Crippen molar-refractivity contribution in [2.24, 2.45) is 0 Å². The first-order valence-electron chi connectivity index (χ1n) is 8.17. The lowest BCUT2D eigenvalue weighted by Crippen LogP contribution is -2.29. The van der Waals surface area contributed by atoms with Crippen molar-refractivity contribution >= 4 is 0 Å². The highest BCUT2D eigenvalue weighted by Crippen LogP contribution is 2.40. The second-order valence-electron chi connectivity index (χ2n) is 6.15. The Labute approximate surface area is 128 Å². The molecule has 2 unspecified atom stereocenters. The molecule has 1 heteroatoms. The summed E-state index contributed by atoms with van der Waals surface area (Å²) in [6.07, 6.45) is 3.82. The molecule has 0 amide bonds. The molecule has 1 N–H and O–H groups in total. The Morgan fingerprint density at radius 1 is 1.14 bits per heavy atom. The molecule has 0 fully saturated rings. The SMILES string of the molecule is CCNC(c1cccc(C)c1)C1CCCc2ccccc21. The van der Waals surface area contributed by atoms with Crippen molar-refractivity contribution in [3.05, 3.63) is 70.8 Å². The number of aryl methyl sites for hydroxylation is 2. The van der Waals surface area contributed by atoms with Crippen LogP contribution in [0.4, 0.5) is 0 Å². The standard InChI is InChI=1S/C20H25N/c1-3-21-20(17-11-6-8-15(2)14-17)19-13-7-10-16-9-4-5-12-18(16)19/h4-6,8-9,11-12,14,19-21H,3,7,10,13H2,1-2H3. The summed E-state index contributed by atoms with van der Waals surface area (Å²) in [5.74, 6) is 0.594. The Bertz CT molecular complexity index is 602. The highest BCUT2D eigenvalue weighted by atomic mass is 14.9. The zero-order valence-electron chi connectivity index (χ0n) is 13.1. The molecule has 2 atom stereocenters. The molecule has 1 aliphatic carbocycles. The molecule has 0 radical (unpaired) electrons. The van der Waals surface area contributed by atoms with E-state index in [-0.39, 0.29) is 0 Å². The van der Waals surface area contributed by atoms with Crippen molar-refractivity contribution in [2.45, 2.75) is 45.1 Å². The molecule has 0 aliphatic heterocycles. The van der Waals surface area contributed by atoms with Crippen molar-refractivity contribution in [3.63, 3.8) is 0 Å². The Morgan fingerprint density at radius 2 is 2.00 bits per heavy atom. The topological polar surface area (TPSA) is 12.0 Å². The molecule has 1 nitrogen and oxygen atoms in total. The summed E-state index contributed by atoms with van der Waals surface area (Å²) >= 11 is 0. The van der Waals surface area contributed by atoms with Crippen LogP contribution in [0.1, 0.15) is 54.0 Å². The summed E-state index contributed by atoms with van der Waals surface area (Å²) in [5, 5.41) is 3.74. The van der Waals surface area contributed by atoms with Crippen LogP contribution in [-0.4, -0.2) is 6.54 Å². The average Bonchev–Trinajstić information content (AvgIpc) is 2.52. The van der Waals surface area contributed by atoms with Gasteiger partial charge in [0.1, 0.15) is 0 Å². The van der Waals surface area contributed by atoms with Gasteiger partial charge in [0.05, 0.1) is 0 Å². The lowest BCUT2D eigenvalue weighted by Gasteiger charge is -2.33. The Morgan fingerprint density at radius 3 is 2.81 bits per heavy atom. The molecule has 0 saturated carbocycles. The maximum absolute atomic E-state index is 3.74. The summed E-state index contributed by atoms with van der Waals surface area (Å²) in [7, 11) is 0. The van der Waals surface area contributed by atoms with Gasteiger partial charge in [0.2, 0.25) is 0 Å². The van der Waals surface area contributed by atoms with Crippen LogP contribution >= 0.6 is 0 Å². The first-order valence-corrected chi connectivity index (χ1v) is 8.17. The number of hydrogen-bond acceptors (Lipinski definition) is 1. The van der Waals surface area contributed by atoms with Crippen molar-refractivity contribution in [3.8, 4) is 0 Å². The third-order valence-corrected chi connectivity index (χ3v) is 4.64. The van der Waals surface area contributed by atoms with Crippen LogP contribution in [0.3, 0.4) is 0 Å². The van der Waals surface area contributed by atoms with Gasteiger partial charge in [0.15, 0.2) is 0 Å². The molecule has 0 aromatic heterocycles. The van der Waals surface area contributed by atoms with E-state index in [1.54, 1.807) is 11.1 Å². The summed E-state index contributed by atoms with van der Waals surface area (Å²) in [5.41, 5.74) is 5.87. The van der Waals surface area contributed by atoms with Gasteiger partial charge in [-0.1, -0.05) is 61.0 Å². The molecule has 110 valence electrons. The van der Waals surface area contributed by atoms with Gasteiger partial charge in [-0.2, -0.15) is 0 Å². The number of likely N-dealkylation sites (N-methyl/N-ethyl adjacent to an activating group) is 1. The van der Waals surface area contributed by atoms with Crippen LogP contribution < -0.4 is 5.32 Å². The minimum Gasteiger partial charge on any atom is -0.310 e. The van der Waals surface area contributed by atoms with Crippen LogP contribution in [0.2, 0.25) is 0 Å². The van der Waals surface area contributed by atoms with Crippen molar-refractivity contribution in [1.29, 1.82) is 0 Å². The molecule has 0 heterocycles. The Balaban J connectivity index is 1.99. The van der Waals surface area contributed by atoms with E-state index in [0.717, 1.165) is 6.54 Å². The maximum Gasteiger partial charge on any atom is 0.0389 e. The molecule has 1 aliphatic rings. The molecular weight excluding hydrogens is 254 g/mol. The van der Waals surface area contributed by atoms with Gasteiger partial charge < -0.3 is 5.32 Å². The molecule has 3 rings (SSSR count). The predicted molar refractivity (Wildman–Crippen MR) is 89.7 cm³/mol. The quantitative estimate of drug-likeness (QED) is 0.850. The smallest absolute Gasteiger partial charge is 0.0389 e. The first-order chi connectivity index (χ1) is 10.3. The Hall–Kier alpha value is -1.60. The number of rotatable bonds is 4. The highest BCUT2D eigenvalue weighted by Gasteiger charge is 2.28. The fourth-order valence-corrected chi connectivity index (χ4v) is 3.71. The molecule has 21 heavy (non-hydrogen) atoms. The first kappa shape index (κ1) is 14.3. The van der Waals surface area contributed by atoms with E-state index >= 15 is 0 Å². The van der Waals surface area contributed by atoms with Crippen LogP contribution in [0.25, 0.3) is 0 Å². The number of nitrogens with one attached hydrogen (secondary N) is 1. The van der Waals surface area contributed by atoms with Crippen molar-refractivity contribution < 1.29 is 0 Å². The van der Waals surface area contributed by atoms with Crippen LogP contribution in [0.5, 0.6) is 0 Å². The van der Waals surface area contributed by atoms with Gasteiger partial charge in [-0.25, -0.2) is 0 Å². The lowest BCUT2D eigenvalue weighted by atomic mass is 9.76. The van der Waals surface area contributed by atoms with E-state index in [2.05, 4.69) is 67.7 Å². The zero-order valence-corrected chi connectivity index (χ0v) is 13.1. The highest BCUT2D eigenvalue weighted by molar-refractivity contribution is 5.37. The molecule has 0 spiro atoms. The molecule has 0 saturated heterocycles. The van der Waals surface area contributed by atoms with E-state index in [0.29, 0.717) is 12.0 Å². The average molecular weight is 279 g/mol. The predicted octanol–water partition coefficient (Wildman–Crippen LogP) is 4.77. The van der Waals surface area contributed by atoms with Crippen molar-refractivity contribution in [2.75, 3.05) is 6.54 Å². The van der Waals surface area contributed by atoms with Gasteiger partial charge in [-0.15, -0.1) is 0 Å². The lowest BCUT2D eigenvalue weighted by molar-refractivity contribution is 0.408.